The molecule has 0 radical (unpaired) electrons. The Kier molecular flexibility index (Phi) is 4.51. The predicted octanol–water partition coefficient (Wildman–Crippen LogP) is 3.58. The normalized spacial score (nSPS) is 17.1. The minimum Gasteiger partial charge on any atom is -0.373 e. The van der Waals surface area contributed by atoms with Gasteiger partial charge in [0.25, 0.3) is 0 Å². The first kappa shape index (κ1) is 15.1. The molecule has 1 aromatic rings. The standard InChI is InChI=1S/C16H28N4/c1-16(2,3)15-18-13(17-4)11-14(19-15)20(5)12-9-7-6-8-10-12/h11-12H,6-10H2,1-5H3,(H,17,18,19). The molecule has 0 amide bonds. The highest BCUT2D eigenvalue weighted by Crippen LogP contribution is 2.28. The molecule has 4 nitrogen and oxygen atoms in total. The van der Waals surface area contributed by atoms with Crippen LogP contribution in [0.25, 0.3) is 0 Å². The number of hydrogen-bond acceptors (Lipinski definition) is 4. The van der Waals surface area contributed by atoms with Gasteiger partial charge >= 0.3 is 0 Å². The Labute approximate surface area is 123 Å². The number of nitrogens with zero attached hydrogens (tertiary/aromatic N) is 3. The first-order chi connectivity index (χ1) is 9.41. The van der Waals surface area contributed by atoms with Gasteiger partial charge < -0.3 is 10.2 Å². The lowest BCUT2D eigenvalue weighted by atomic mass is 9.94. The second kappa shape index (κ2) is 5.98. The highest BCUT2D eigenvalue weighted by Gasteiger charge is 2.23. The van der Waals surface area contributed by atoms with Gasteiger partial charge in [-0.2, -0.15) is 0 Å². The van der Waals surface area contributed by atoms with Crippen molar-refractivity contribution in [1.29, 1.82) is 0 Å². The van der Waals surface area contributed by atoms with Gasteiger partial charge in [-0.15, -0.1) is 0 Å². The molecule has 0 saturated heterocycles. The van der Waals surface area contributed by atoms with E-state index in [9.17, 15) is 0 Å². The largest absolute Gasteiger partial charge is 0.373 e. The van der Waals surface area contributed by atoms with Crippen LogP contribution in [-0.4, -0.2) is 30.1 Å². The van der Waals surface area contributed by atoms with Crippen LogP contribution in [0.4, 0.5) is 11.6 Å². The zero-order valence-corrected chi connectivity index (χ0v) is 13.5. The van der Waals surface area contributed by atoms with Gasteiger partial charge in [-0.1, -0.05) is 40.0 Å². The fraction of sp³-hybridized carbons (Fsp3) is 0.750. The number of anilines is 2. The molecule has 20 heavy (non-hydrogen) atoms. The van der Waals surface area contributed by atoms with Crippen molar-refractivity contribution in [1.82, 2.24) is 9.97 Å². The van der Waals surface area contributed by atoms with Gasteiger partial charge in [-0.3, -0.25) is 0 Å². The van der Waals surface area contributed by atoms with E-state index in [4.69, 9.17) is 4.98 Å². The summed E-state index contributed by atoms with van der Waals surface area (Å²) in [5, 5.41) is 3.16. The predicted molar refractivity (Wildman–Crippen MR) is 85.6 cm³/mol. The lowest BCUT2D eigenvalue weighted by Gasteiger charge is -2.33. The van der Waals surface area contributed by atoms with Gasteiger partial charge in [0, 0.05) is 31.6 Å². The van der Waals surface area contributed by atoms with E-state index in [1.165, 1.54) is 32.1 Å². The molecular formula is C16H28N4. The summed E-state index contributed by atoms with van der Waals surface area (Å²) in [6.45, 7) is 6.48. The second-order valence-electron chi connectivity index (χ2n) is 6.84. The van der Waals surface area contributed by atoms with E-state index in [1.54, 1.807) is 0 Å². The van der Waals surface area contributed by atoms with Crippen LogP contribution in [0.1, 0.15) is 58.7 Å². The molecule has 1 fully saturated rings. The summed E-state index contributed by atoms with van der Waals surface area (Å²) in [5.41, 5.74) is -0.0327. The molecule has 4 heteroatoms. The third-order valence-electron chi connectivity index (χ3n) is 4.12. The fourth-order valence-electron chi connectivity index (χ4n) is 2.73. The molecular weight excluding hydrogens is 248 g/mol. The molecule has 112 valence electrons. The van der Waals surface area contributed by atoms with Crippen LogP contribution in [0, 0.1) is 0 Å². The molecule has 0 unspecified atom stereocenters. The van der Waals surface area contributed by atoms with Crippen molar-refractivity contribution in [2.75, 3.05) is 24.3 Å². The van der Waals surface area contributed by atoms with Crippen molar-refractivity contribution in [3.8, 4) is 0 Å². The Morgan fingerprint density at radius 1 is 1.15 bits per heavy atom. The molecule has 0 aromatic carbocycles. The van der Waals surface area contributed by atoms with Gasteiger partial charge in [0.2, 0.25) is 0 Å². The average molecular weight is 276 g/mol. The molecule has 0 spiro atoms. The Bertz CT molecular complexity index is 444. The van der Waals surface area contributed by atoms with E-state index >= 15 is 0 Å². The van der Waals surface area contributed by atoms with Crippen LogP contribution in [0.5, 0.6) is 0 Å². The third kappa shape index (κ3) is 3.41. The highest BCUT2D eigenvalue weighted by molar-refractivity contribution is 5.50. The van der Waals surface area contributed by atoms with Crippen molar-refractivity contribution >= 4 is 11.6 Å². The van der Waals surface area contributed by atoms with E-state index in [-0.39, 0.29) is 5.41 Å². The van der Waals surface area contributed by atoms with Crippen molar-refractivity contribution in [2.24, 2.45) is 0 Å². The number of aromatic nitrogens is 2. The maximum Gasteiger partial charge on any atom is 0.138 e. The SMILES string of the molecule is CNc1cc(N(C)C2CCCCC2)nc(C(C)(C)C)n1. The van der Waals surface area contributed by atoms with Gasteiger partial charge in [0.05, 0.1) is 0 Å². The topological polar surface area (TPSA) is 41.0 Å². The molecule has 0 atom stereocenters. The lowest BCUT2D eigenvalue weighted by molar-refractivity contribution is 0.425. The molecule has 1 aliphatic rings. The zero-order chi connectivity index (χ0) is 14.8. The summed E-state index contributed by atoms with van der Waals surface area (Å²) in [4.78, 5) is 11.7. The maximum absolute atomic E-state index is 4.80. The molecule has 0 bridgehead atoms. The summed E-state index contributed by atoms with van der Waals surface area (Å²) in [7, 11) is 4.09. The van der Waals surface area contributed by atoms with Crippen molar-refractivity contribution in [3.05, 3.63) is 11.9 Å². The smallest absolute Gasteiger partial charge is 0.138 e. The Morgan fingerprint density at radius 2 is 1.80 bits per heavy atom. The van der Waals surface area contributed by atoms with E-state index < -0.39 is 0 Å². The molecule has 1 saturated carbocycles. The summed E-state index contributed by atoms with van der Waals surface area (Å²) < 4.78 is 0. The Hall–Kier alpha value is -1.32. The van der Waals surface area contributed by atoms with E-state index in [2.05, 4.69) is 49.1 Å². The van der Waals surface area contributed by atoms with Crippen molar-refractivity contribution < 1.29 is 0 Å². The van der Waals surface area contributed by atoms with Crippen LogP contribution in [-0.2, 0) is 5.41 Å². The minimum atomic E-state index is -0.0327. The van der Waals surface area contributed by atoms with E-state index in [0.29, 0.717) is 6.04 Å². The minimum absolute atomic E-state index is 0.0327. The fourth-order valence-corrected chi connectivity index (χ4v) is 2.73. The van der Waals surface area contributed by atoms with Crippen molar-refractivity contribution in [2.45, 2.75) is 64.3 Å². The second-order valence-corrected chi connectivity index (χ2v) is 6.84. The quantitative estimate of drug-likeness (QED) is 0.916. The summed E-state index contributed by atoms with van der Waals surface area (Å²) >= 11 is 0. The molecule has 1 aromatic heterocycles. The summed E-state index contributed by atoms with van der Waals surface area (Å²) in [6.07, 6.45) is 6.61. The van der Waals surface area contributed by atoms with Crippen molar-refractivity contribution in [3.63, 3.8) is 0 Å². The highest BCUT2D eigenvalue weighted by atomic mass is 15.2. The first-order valence-electron chi connectivity index (χ1n) is 7.72. The summed E-state index contributed by atoms with van der Waals surface area (Å²) in [6, 6.07) is 2.68. The Morgan fingerprint density at radius 3 is 2.35 bits per heavy atom. The molecule has 2 rings (SSSR count). The number of nitrogens with one attached hydrogen (secondary N) is 1. The van der Waals surface area contributed by atoms with Gasteiger partial charge in [0.1, 0.15) is 17.5 Å². The maximum atomic E-state index is 4.80. The molecule has 1 aliphatic carbocycles. The number of rotatable bonds is 3. The van der Waals surface area contributed by atoms with E-state index in [0.717, 1.165) is 17.5 Å². The molecule has 1 heterocycles. The van der Waals surface area contributed by atoms with Gasteiger partial charge in [-0.05, 0) is 12.8 Å². The Balaban J connectivity index is 2.29. The van der Waals surface area contributed by atoms with E-state index in [1.807, 2.05) is 7.05 Å². The third-order valence-corrected chi connectivity index (χ3v) is 4.12. The molecule has 1 N–H and O–H groups in total. The first-order valence-corrected chi connectivity index (χ1v) is 7.72. The zero-order valence-electron chi connectivity index (χ0n) is 13.5. The van der Waals surface area contributed by atoms with Gasteiger partial charge in [-0.25, -0.2) is 9.97 Å². The van der Waals surface area contributed by atoms with Crippen LogP contribution >= 0.6 is 0 Å². The number of hydrogen-bond donors (Lipinski definition) is 1. The monoisotopic (exact) mass is 276 g/mol. The average Bonchev–Trinajstić information content (AvgIpc) is 2.46. The van der Waals surface area contributed by atoms with Crippen LogP contribution in [0.15, 0.2) is 6.07 Å². The summed E-state index contributed by atoms with van der Waals surface area (Å²) in [5.74, 6) is 2.85. The lowest BCUT2D eigenvalue weighted by Crippen LogP contribution is -2.34. The van der Waals surface area contributed by atoms with Crippen LogP contribution in [0.3, 0.4) is 0 Å². The van der Waals surface area contributed by atoms with Gasteiger partial charge in [0.15, 0.2) is 0 Å². The molecule has 0 aliphatic heterocycles. The van der Waals surface area contributed by atoms with Crippen LogP contribution in [0.2, 0.25) is 0 Å². The van der Waals surface area contributed by atoms with Crippen LogP contribution < -0.4 is 10.2 Å².